The lowest BCUT2D eigenvalue weighted by Crippen LogP contribution is -2.32. The topological polar surface area (TPSA) is 38.9 Å². The first-order valence-electron chi connectivity index (χ1n) is 4.36. The molecule has 0 radical (unpaired) electrons. The maximum absolute atomic E-state index is 13.1. The lowest BCUT2D eigenvalue weighted by atomic mass is 9.97. The Balaban J connectivity index is 2.60. The van der Waals surface area contributed by atoms with Crippen LogP contribution >= 0.6 is 0 Å². The van der Waals surface area contributed by atoms with Crippen LogP contribution in [0.5, 0.6) is 0 Å². The lowest BCUT2D eigenvalue weighted by molar-refractivity contribution is 0.470. The standard InChI is InChI=1S/C10H15FN2/c1-10(2,12)5-3-8-4-6-13-7-9(8)11/h4,6-7H,3,5,12H2,1-2H3. The van der Waals surface area contributed by atoms with E-state index in [0.717, 1.165) is 6.42 Å². The van der Waals surface area contributed by atoms with Crippen molar-refractivity contribution < 1.29 is 4.39 Å². The molecule has 1 aromatic heterocycles. The van der Waals surface area contributed by atoms with Crippen LogP contribution in [0.1, 0.15) is 25.8 Å². The Bertz CT molecular complexity index is 278. The summed E-state index contributed by atoms with van der Waals surface area (Å²) >= 11 is 0. The highest BCUT2D eigenvalue weighted by molar-refractivity contribution is 5.12. The average molecular weight is 182 g/mol. The Morgan fingerprint density at radius 2 is 2.23 bits per heavy atom. The first-order chi connectivity index (χ1) is 5.99. The average Bonchev–Trinajstić information content (AvgIpc) is 2.01. The van der Waals surface area contributed by atoms with E-state index >= 15 is 0 Å². The highest BCUT2D eigenvalue weighted by Crippen LogP contribution is 2.12. The number of hydrogen-bond donors (Lipinski definition) is 1. The summed E-state index contributed by atoms with van der Waals surface area (Å²) in [6.45, 7) is 3.87. The van der Waals surface area contributed by atoms with Crippen molar-refractivity contribution in [2.75, 3.05) is 0 Å². The van der Waals surface area contributed by atoms with Gasteiger partial charge in [0.2, 0.25) is 0 Å². The molecule has 0 saturated heterocycles. The molecule has 0 amide bonds. The summed E-state index contributed by atoms with van der Waals surface area (Å²) in [4.78, 5) is 3.68. The molecule has 1 aromatic rings. The summed E-state index contributed by atoms with van der Waals surface area (Å²) in [5.41, 5.74) is 6.24. The molecule has 0 saturated carbocycles. The van der Waals surface area contributed by atoms with Gasteiger partial charge in [-0.25, -0.2) is 4.39 Å². The summed E-state index contributed by atoms with van der Waals surface area (Å²) in [7, 11) is 0. The number of aromatic nitrogens is 1. The number of nitrogens with zero attached hydrogens (tertiary/aromatic N) is 1. The number of hydrogen-bond acceptors (Lipinski definition) is 2. The third kappa shape index (κ3) is 3.51. The quantitative estimate of drug-likeness (QED) is 0.775. The van der Waals surface area contributed by atoms with Gasteiger partial charge in [0.25, 0.3) is 0 Å². The van der Waals surface area contributed by atoms with Gasteiger partial charge in [0.05, 0.1) is 6.20 Å². The minimum absolute atomic E-state index is 0.240. The highest BCUT2D eigenvalue weighted by atomic mass is 19.1. The van der Waals surface area contributed by atoms with Crippen LogP contribution in [-0.2, 0) is 6.42 Å². The fourth-order valence-electron chi connectivity index (χ4n) is 1.06. The van der Waals surface area contributed by atoms with Crippen molar-refractivity contribution in [3.8, 4) is 0 Å². The largest absolute Gasteiger partial charge is 0.326 e. The van der Waals surface area contributed by atoms with Crippen molar-refractivity contribution in [2.45, 2.75) is 32.2 Å². The van der Waals surface area contributed by atoms with Crippen molar-refractivity contribution >= 4 is 0 Å². The summed E-state index contributed by atoms with van der Waals surface area (Å²) in [5.74, 6) is -0.244. The number of pyridine rings is 1. The van der Waals surface area contributed by atoms with Gasteiger partial charge in [-0.15, -0.1) is 0 Å². The second-order valence-electron chi connectivity index (χ2n) is 3.96. The number of rotatable bonds is 3. The van der Waals surface area contributed by atoms with E-state index in [9.17, 15) is 4.39 Å². The molecule has 2 N–H and O–H groups in total. The van der Waals surface area contributed by atoms with E-state index in [1.54, 1.807) is 12.3 Å². The van der Waals surface area contributed by atoms with Gasteiger partial charge >= 0.3 is 0 Å². The van der Waals surface area contributed by atoms with Crippen LogP contribution in [0.4, 0.5) is 4.39 Å². The third-order valence-corrected chi connectivity index (χ3v) is 1.90. The zero-order valence-electron chi connectivity index (χ0n) is 8.05. The van der Waals surface area contributed by atoms with E-state index < -0.39 is 0 Å². The van der Waals surface area contributed by atoms with Crippen molar-refractivity contribution in [2.24, 2.45) is 5.73 Å². The van der Waals surface area contributed by atoms with E-state index in [1.807, 2.05) is 13.8 Å². The molecule has 1 heterocycles. The number of nitrogens with two attached hydrogens (primary N) is 1. The fraction of sp³-hybridized carbons (Fsp3) is 0.500. The molecule has 0 aromatic carbocycles. The zero-order valence-corrected chi connectivity index (χ0v) is 8.05. The molecule has 2 nitrogen and oxygen atoms in total. The van der Waals surface area contributed by atoms with Crippen molar-refractivity contribution in [3.63, 3.8) is 0 Å². The van der Waals surface area contributed by atoms with Gasteiger partial charge in [-0.3, -0.25) is 4.98 Å². The Morgan fingerprint density at radius 3 is 2.77 bits per heavy atom. The van der Waals surface area contributed by atoms with Crippen LogP contribution in [0.2, 0.25) is 0 Å². The molecular formula is C10H15FN2. The summed E-state index contributed by atoms with van der Waals surface area (Å²) in [5, 5.41) is 0. The lowest BCUT2D eigenvalue weighted by Gasteiger charge is -2.17. The molecule has 3 heteroatoms. The molecule has 0 unspecified atom stereocenters. The predicted molar refractivity (Wildman–Crippen MR) is 50.8 cm³/mol. The van der Waals surface area contributed by atoms with E-state index in [-0.39, 0.29) is 11.4 Å². The SMILES string of the molecule is CC(C)(N)CCc1ccncc1F. The van der Waals surface area contributed by atoms with Crippen molar-refractivity contribution in [3.05, 3.63) is 29.8 Å². The fourth-order valence-corrected chi connectivity index (χ4v) is 1.06. The highest BCUT2D eigenvalue weighted by Gasteiger charge is 2.11. The number of aryl methyl sites for hydroxylation is 1. The summed E-state index contributed by atoms with van der Waals surface area (Å²) in [6.07, 6.45) is 4.27. The second kappa shape index (κ2) is 3.83. The molecule has 13 heavy (non-hydrogen) atoms. The maximum Gasteiger partial charge on any atom is 0.144 e. The Labute approximate surface area is 78.0 Å². The monoisotopic (exact) mass is 182 g/mol. The summed E-state index contributed by atoms with van der Waals surface area (Å²) in [6, 6.07) is 1.70. The van der Waals surface area contributed by atoms with Crippen LogP contribution in [0.15, 0.2) is 18.5 Å². The first kappa shape index (κ1) is 10.1. The van der Waals surface area contributed by atoms with E-state index in [0.29, 0.717) is 12.0 Å². The molecule has 0 aliphatic heterocycles. The van der Waals surface area contributed by atoms with Crippen LogP contribution in [-0.4, -0.2) is 10.5 Å². The minimum Gasteiger partial charge on any atom is -0.326 e. The van der Waals surface area contributed by atoms with Crippen LogP contribution in [0.25, 0.3) is 0 Å². The molecule has 0 aliphatic carbocycles. The predicted octanol–water partition coefficient (Wildman–Crippen LogP) is 1.89. The molecule has 0 spiro atoms. The van der Waals surface area contributed by atoms with Crippen molar-refractivity contribution in [1.29, 1.82) is 0 Å². The van der Waals surface area contributed by atoms with Gasteiger partial charge in [0.15, 0.2) is 0 Å². The van der Waals surface area contributed by atoms with E-state index in [1.165, 1.54) is 6.20 Å². The normalized spacial score (nSPS) is 11.7. The molecular weight excluding hydrogens is 167 g/mol. The van der Waals surface area contributed by atoms with Gasteiger partial charge in [0, 0.05) is 11.7 Å². The molecule has 0 atom stereocenters. The van der Waals surface area contributed by atoms with E-state index in [4.69, 9.17) is 5.73 Å². The van der Waals surface area contributed by atoms with Gasteiger partial charge < -0.3 is 5.73 Å². The van der Waals surface area contributed by atoms with Crippen LogP contribution < -0.4 is 5.73 Å². The number of halogens is 1. The van der Waals surface area contributed by atoms with Gasteiger partial charge in [-0.05, 0) is 38.3 Å². The Kier molecular flexibility index (Phi) is 2.98. The van der Waals surface area contributed by atoms with E-state index in [2.05, 4.69) is 4.98 Å². The molecule has 72 valence electrons. The van der Waals surface area contributed by atoms with Crippen LogP contribution in [0, 0.1) is 5.82 Å². The van der Waals surface area contributed by atoms with Gasteiger partial charge in [0.1, 0.15) is 5.82 Å². The third-order valence-electron chi connectivity index (χ3n) is 1.90. The van der Waals surface area contributed by atoms with Gasteiger partial charge in [-0.1, -0.05) is 0 Å². The molecule has 0 bridgehead atoms. The molecule has 0 aliphatic rings. The molecule has 0 fully saturated rings. The molecule has 1 rings (SSSR count). The maximum atomic E-state index is 13.1. The minimum atomic E-state index is -0.244. The summed E-state index contributed by atoms with van der Waals surface area (Å²) < 4.78 is 13.1. The van der Waals surface area contributed by atoms with Crippen molar-refractivity contribution in [1.82, 2.24) is 4.98 Å². The Hall–Kier alpha value is -0.960. The smallest absolute Gasteiger partial charge is 0.144 e. The van der Waals surface area contributed by atoms with Crippen LogP contribution in [0.3, 0.4) is 0 Å². The van der Waals surface area contributed by atoms with Gasteiger partial charge in [-0.2, -0.15) is 0 Å². The second-order valence-corrected chi connectivity index (χ2v) is 3.96. The Morgan fingerprint density at radius 1 is 1.54 bits per heavy atom. The zero-order chi connectivity index (χ0) is 9.90. The first-order valence-corrected chi connectivity index (χ1v) is 4.36.